The summed E-state index contributed by atoms with van der Waals surface area (Å²) in [4.78, 5) is 40.3. The molecule has 0 aromatic heterocycles. The summed E-state index contributed by atoms with van der Waals surface area (Å²) in [6.07, 6.45) is 1.31. The van der Waals surface area contributed by atoms with Crippen LogP contribution in [0.3, 0.4) is 0 Å². The van der Waals surface area contributed by atoms with E-state index in [1.807, 2.05) is 24.3 Å². The normalized spacial score (nSPS) is 14.2. The fourth-order valence-corrected chi connectivity index (χ4v) is 3.52. The molecule has 1 N–H and O–H groups in total. The van der Waals surface area contributed by atoms with Crippen LogP contribution in [0, 0.1) is 0 Å². The quantitative estimate of drug-likeness (QED) is 0.573. The molecular formula is C24H27N3O4. The molecule has 1 fully saturated rings. The summed E-state index contributed by atoms with van der Waals surface area (Å²) in [5.41, 5.74) is 2.53. The second kappa shape index (κ2) is 9.93. The van der Waals surface area contributed by atoms with Crippen molar-refractivity contribution in [3.63, 3.8) is 0 Å². The Bertz CT molecular complexity index is 990. The highest BCUT2D eigenvalue weighted by Gasteiger charge is 2.23. The van der Waals surface area contributed by atoms with Crippen molar-refractivity contribution in [2.24, 2.45) is 0 Å². The van der Waals surface area contributed by atoms with Gasteiger partial charge < -0.3 is 19.9 Å². The van der Waals surface area contributed by atoms with E-state index in [1.54, 1.807) is 43.2 Å². The summed E-state index contributed by atoms with van der Waals surface area (Å²) in [5.74, 6) is 0.243. The first-order valence-corrected chi connectivity index (χ1v) is 10.2. The smallest absolute Gasteiger partial charge is 0.249 e. The standard InChI is InChI=1S/C24H27N3O4/c1-17(16-23(29)25-20-10-8-19(9-11-20)18(2)28)24(30)27-14-12-26(13-15-27)21-6-4-5-7-22(21)31-3/h4-11,16H,12-15H2,1-3H3,(H,25,29)/b17-16-. The summed E-state index contributed by atoms with van der Waals surface area (Å²) in [6.45, 7) is 5.64. The molecule has 0 unspecified atom stereocenters. The molecule has 0 aliphatic carbocycles. The number of Topliss-reactive ketones (excluding diaryl/α,β-unsaturated/α-hetero) is 1. The molecule has 0 spiro atoms. The minimum Gasteiger partial charge on any atom is -0.495 e. The van der Waals surface area contributed by atoms with E-state index in [0.29, 0.717) is 43.0 Å². The molecule has 2 aromatic rings. The SMILES string of the molecule is COc1ccccc1N1CCN(C(=O)/C(C)=C\C(=O)Nc2ccc(C(C)=O)cc2)CC1. The van der Waals surface area contributed by atoms with Crippen LogP contribution in [0.1, 0.15) is 24.2 Å². The monoisotopic (exact) mass is 421 g/mol. The van der Waals surface area contributed by atoms with Crippen molar-refractivity contribution in [1.29, 1.82) is 0 Å². The van der Waals surface area contributed by atoms with Crippen molar-refractivity contribution >= 4 is 29.0 Å². The molecule has 162 valence electrons. The van der Waals surface area contributed by atoms with Gasteiger partial charge in [-0.2, -0.15) is 0 Å². The Morgan fingerprint density at radius 1 is 0.935 bits per heavy atom. The van der Waals surface area contributed by atoms with Crippen molar-refractivity contribution in [2.75, 3.05) is 43.5 Å². The van der Waals surface area contributed by atoms with Crippen LogP contribution in [-0.4, -0.2) is 55.8 Å². The number of ketones is 1. The zero-order valence-corrected chi connectivity index (χ0v) is 18.1. The van der Waals surface area contributed by atoms with Crippen molar-refractivity contribution < 1.29 is 19.1 Å². The Labute approximate surface area is 182 Å². The van der Waals surface area contributed by atoms with Gasteiger partial charge in [-0.1, -0.05) is 12.1 Å². The maximum absolute atomic E-state index is 12.8. The van der Waals surface area contributed by atoms with E-state index in [0.717, 1.165) is 11.4 Å². The van der Waals surface area contributed by atoms with E-state index >= 15 is 0 Å². The van der Waals surface area contributed by atoms with Gasteiger partial charge in [-0.05, 0) is 50.2 Å². The topological polar surface area (TPSA) is 79.0 Å². The number of para-hydroxylation sites is 2. The van der Waals surface area contributed by atoms with Crippen molar-refractivity contribution in [3.8, 4) is 5.75 Å². The zero-order valence-electron chi connectivity index (χ0n) is 18.1. The van der Waals surface area contributed by atoms with Gasteiger partial charge in [0.25, 0.3) is 0 Å². The first-order chi connectivity index (χ1) is 14.9. The third kappa shape index (κ3) is 5.51. The largest absolute Gasteiger partial charge is 0.495 e. The molecule has 31 heavy (non-hydrogen) atoms. The number of anilines is 2. The van der Waals surface area contributed by atoms with Gasteiger partial charge in [-0.25, -0.2) is 0 Å². The predicted molar refractivity (Wildman–Crippen MR) is 121 cm³/mol. The Hall–Kier alpha value is -3.61. The highest BCUT2D eigenvalue weighted by Crippen LogP contribution is 2.28. The number of benzene rings is 2. The Morgan fingerprint density at radius 3 is 2.19 bits per heavy atom. The number of methoxy groups -OCH3 is 1. The van der Waals surface area contributed by atoms with Gasteiger partial charge in [-0.15, -0.1) is 0 Å². The number of amides is 2. The minimum atomic E-state index is -0.380. The van der Waals surface area contributed by atoms with E-state index in [4.69, 9.17) is 4.74 Å². The van der Waals surface area contributed by atoms with Crippen LogP contribution in [0.15, 0.2) is 60.2 Å². The molecule has 2 amide bonds. The number of carbonyl (C=O) groups is 3. The molecule has 7 nitrogen and oxygen atoms in total. The maximum atomic E-state index is 12.8. The number of hydrogen-bond acceptors (Lipinski definition) is 5. The van der Waals surface area contributed by atoms with Crippen LogP contribution in [-0.2, 0) is 9.59 Å². The summed E-state index contributed by atoms with van der Waals surface area (Å²) < 4.78 is 5.43. The number of nitrogens with zero attached hydrogens (tertiary/aromatic N) is 2. The lowest BCUT2D eigenvalue weighted by molar-refractivity contribution is -0.127. The van der Waals surface area contributed by atoms with Gasteiger partial charge in [0.1, 0.15) is 5.75 Å². The van der Waals surface area contributed by atoms with Crippen molar-refractivity contribution in [3.05, 3.63) is 65.7 Å². The second-order valence-corrected chi connectivity index (χ2v) is 7.40. The van der Waals surface area contributed by atoms with Gasteiger partial charge in [0.2, 0.25) is 11.8 Å². The summed E-state index contributed by atoms with van der Waals surface area (Å²) >= 11 is 0. The molecule has 0 radical (unpaired) electrons. The van der Waals surface area contributed by atoms with Crippen LogP contribution in [0.5, 0.6) is 5.75 Å². The van der Waals surface area contributed by atoms with Crippen LogP contribution in [0.25, 0.3) is 0 Å². The molecule has 2 aromatic carbocycles. The van der Waals surface area contributed by atoms with Crippen molar-refractivity contribution in [2.45, 2.75) is 13.8 Å². The Kier molecular flexibility index (Phi) is 7.07. The molecule has 0 atom stereocenters. The minimum absolute atomic E-state index is 0.0370. The number of ether oxygens (including phenoxy) is 1. The first-order valence-electron chi connectivity index (χ1n) is 10.2. The number of rotatable bonds is 6. The predicted octanol–water partition coefficient (Wildman–Crippen LogP) is 3.13. The molecular weight excluding hydrogens is 394 g/mol. The van der Waals surface area contributed by atoms with Gasteiger partial charge >= 0.3 is 0 Å². The van der Waals surface area contributed by atoms with Crippen LogP contribution < -0.4 is 15.0 Å². The zero-order chi connectivity index (χ0) is 22.4. The average Bonchev–Trinajstić information content (AvgIpc) is 2.79. The maximum Gasteiger partial charge on any atom is 0.249 e. The Morgan fingerprint density at radius 2 is 1.58 bits per heavy atom. The number of piperazine rings is 1. The molecule has 1 aliphatic rings. The van der Waals surface area contributed by atoms with Crippen molar-refractivity contribution in [1.82, 2.24) is 4.90 Å². The molecule has 1 saturated heterocycles. The van der Waals surface area contributed by atoms with Gasteiger partial charge in [0.05, 0.1) is 12.8 Å². The van der Waals surface area contributed by atoms with Crippen LogP contribution in [0.2, 0.25) is 0 Å². The number of nitrogens with one attached hydrogen (secondary N) is 1. The highest BCUT2D eigenvalue weighted by molar-refractivity contribution is 6.06. The van der Waals surface area contributed by atoms with Gasteiger partial charge in [-0.3, -0.25) is 14.4 Å². The van der Waals surface area contributed by atoms with E-state index in [9.17, 15) is 14.4 Å². The van der Waals surface area contributed by atoms with E-state index in [-0.39, 0.29) is 17.6 Å². The highest BCUT2D eigenvalue weighted by atomic mass is 16.5. The Balaban J connectivity index is 1.56. The summed E-state index contributed by atoms with van der Waals surface area (Å²) in [5, 5.41) is 2.72. The third-order valence-electron chi connectivity index (χ3n) is 5.24. The fourth-order valence-electron chi connectivity index (χ4n) is 3.52. The molecule has 1 heterocycles. The molecule has 0 saturated carbocycles. The van der Waals surface area contributed by atoms with Gasteiger partial charge in [0, 0.05) is 49.1 Å². The average molecular weight is 421 g/mol. The molecule has 3 rings (SSSR count). The summed E-state index contributed by atoms with van der Waals surface area (Å²) in [7, 11) is 1.65. The molecule has 1 aliphatic heterocycles. The van der Waals surface area contributed by atoms with E-state index in [1.165, 1.54) is 13.0 Å². The van der Waals surface area contributed by atoms with E-state index in [2.05, 4.69) is 10.2 Å². The van der Waals surface area contributed by atoms with Crippen LogP contribution in [0.4, 0.5) is 11.4 Å². The van der Waals surface area contributed by atoms with Gasteiger partial charge in [0.15, 0.2) is 5.78 Å². The molecule has 0 bridgehead atoms. The lowest BCUT2D eigenvalue weighted by atomic mass is 10.1. The number of carbonyl (C=O) groups excluding carboxylic acids is 3. The second-order valence-electron chi connectivity index (χ2n) is 7.40. The lowest BCUT2D eigenvalue weighted by Gasteiger charge is -2.36. The van der Waals surface area contributed by atoms with Crippen LogP contribution >= 0.6 is 0 Å². The first kappa shape index (κ1) is 22.1. The summed E-state index contributed by atoms with van der Waals surface area (Å²) in [6, 6.07) is 14.5. The van der Waals surface area contributed by atoms with E-state index < -0.39 is 0 Å². The molecule has 7 heteroatoms. The number of hydrogen-bond donors (Lipinski definition) is 1. The lowest BCUT2D eigenvalue weighted by Crippen LogP contribution is -2.49. The fraction of sp³-hybridized carbons (Fsp3) is 0.292. The third-order valence-corrected chi connectivity index (χ3v) is 5.24.